The summed E-state index contributed by atoms with van der Waals surface area (Å²) in [7, 11) is 0. The molecule has 2 aromatic carbocycles. The van der Waals surface area contributed by atoms with Crippen LogP contribution in [0.4, 0.5) is 0 Å². The fourth-order valence-electron chi connectivity index (χ4n) is 6.68. The Morgan fingerprint density at radius 3 is 2.45 bits per heavy atom. The molecule has 2 fully saturated rings. The van der Waals surface area contributed by atoms with Crippen LogP contribution in [0.5, 0.6) is 0 Å². The molecule has 7 nitrogen and oxygen atoms in total. The number of likely N-dealkylation sites (tertiary alicyclic amines) is 2. The molecule has 2 aromatic rings. The Labute approximate surface area is 238 Å². The average molecular weight is 542 g/mol. The summed E-state index contributed by atoms with van der Waals surface area (Å²) in [5.74, 6) is 0.150. The predicted molar refractivity (Wildman–Crippen MR) is 162 cm³/mol. The van der Waals surface area contributed by atoms with Crippen LogP contribution in [-0.2, 0) is 6.42 Å². The summed E-state index contributed by atoms with van der Waals surface area (Å²) in [6.45, 7) is 6.66. The summed E-state index contributed by atoms with van der Waals surface area (Å²) < 4.78 is 0. The number of nitroso groups, excluding NO2 is 1. The van der Waals surface area contributed by atoms with E-state index < -0.39 is 0 Å². The summed E-state index contributed by atoms with van der Waals surface area (Å²) in [6.07, 6.45) is 11.7. The van der Waals surface area contributed by atoms with E-state index in [2.05, 4.69) is 57.3 Å². The standard InChI is InChI=1S/C33H43N5O2/c1-24-11-17-31(37(24)23-29-10-6-7-20-35-29)32-18-12-25(2)38(32)33(39)28-15-13-26(14-16-28)19-21-34-22-30(36-40)27-8-4-3-5-9-27/h3-5,8-10,13-16,20,24-25,30-32,34H,6-7,11-12,17-19,21-23H2,1-2H3. The van der Waals surface area contributed by atoms with Crippen molar-refractivity contribution in [1.29, 1.82) is 0 Å². The van der Waals surface area contributed by atoms with E-state index in [1.165, 1.54) is 17.7 Å². The molecule has 0 bridgehead atoms. The Balaban J connectivity index is 1.18. The van der Waals surface area contributed by atoms with Gasteiger partial charge in [-0.25, -0.2) is 0 Å². The summed E-state index contributed by atoms with van der Waals surface area (Å²) in [4.78, 5) is 34.6. The maximum Gasteiger partial charge on any atom is 0.254 e. The van der Waals surface area contributed by atoms with Crippen molar-refractivity contribution in [3.63, 3.8) is 0 Å². The van der Waals surface area contributed by atoms with E-state index in [9.17, 15) is 9.70 Å². The van der Waals surface area contributed by atoms with Crippen LogP contribution in [0.15, 0.2) is 76.5 Å². The second kappa shape index (κ2) is 13.5. The van der Waals surface area contributed by atoms with Crippen LogP contribution < -0.4 is 5.32 Å². The quantitative estimate of drug-likeness (QED) is 0.283. The average Bonchev–Trinajstić information content (AvgIpc) is 3.55. The zero-order chi connectivity index (χ0) is 27.9. The predicted octanol–water partition coefficient (Wildman–Crippen LogP) is 5.92. The van der Waals surface area contributed by atoms with Crippen molar-refractivity contribution in [2.75, 3.05) is 19.6 Å². The molecule has 1 amide bonds. The third-order valence-electron chi connectivity index (χ3n) is 8.98. The molecule has 5 atom stereocenters. The largest absolute Gasteiger partial charge is 0.331 e. The molecule has 0 saturated carbocycles. The Hall–Kier alpha value is -3.16. The van der Waals surface area contributed by atoms with Crippen molar-refractivity contribution in [2.24, 2.45) is 10.2 Å². The van der Waals surface area contributed by atoms with Gasteiger partial charge in [0.25, 0.3) is 5.91 Å². The monoisotopic (exact) mass is 541 g/mol. The lowest BCUT2D eigenvalue weighted by molar-refractivity contribution is 0.0559. The molecule has 3 aliphatic heterocycles. The Bertz CT molecular complexity index is 1200. The number of amides is 1. The van der Waals surface area contributed by atoms with Crippen molar-refractivity contribution in [3.05, 3.63) is 88.0 Å². The number of allylic oxidation sites excluding steroid dienone is 1. The van der Waals surface area contributed by atoms with Gasteiger partial charge in [0.05, 0.1) is 5.70 Å². The number of carbonyl (C=O) groups is 1. The van der Waals surface area contributed by atoms with E-state index >= 15 is 0 Å². The normalized spacial score (nSPS) is 25.6. The minimum Gasteiger partial charge on any atom is -0.331 e. The molecule has 7 heteroatoms. The first-order chi connectivity index (χ1) is 19.5. The zero-order valence-corrected chi connectivity index (χ0v) is 23.9. The Kier molecular flexibility index (Phi) is 9.55. The summed E-state index contributed by atoms with van der Waals surface area (Å²) >= 11 is 0. The van der Waals surface area contributed by atoms with Crippen molar-refractivity contribution >= 4 is 12.1 Å². The Morgan fingerprint density at radius 2 is 1.73 bits per heavy atom. The molecule has 40 heavy (non-hydrogen) atoms. The first-order valence-corrected chi connectivity index (χ1v) is 15.0. The van der Waals surface area contributed by atoms with Gasteiger partial charge in [0.1, 0.15) is 6.04 Å². The molecular formula is C33H43N5O2. The second-order valence-corrected chi connectivity index (χ2v) is 11.6. The molecule has 5 unspecified atom stereocenters. The molecule has 5 rings (SSSR count). The maximum absolute atomic E-state index is 13.8. The highest BCUT2D eigenvalue weighted by Crippen LogP contribution is 2.37. The van der Waals surface area contributed by atoms with Crippen molar-refractivity contribution in [2.45, 2.75) is 89.0 Å². The molecule has 0 aromatic heterocycles. The van der Waals surface area contributed by atoms with E-state index in [1.54, 1.807) is 0 Å². The van der Waals surface area contributed by atoms with Gasteiger partial charge >= 0.3 is 0 Å². The van der Waals surface area contributed by atoms with Gasteiger partial charge in [-0.3, -0.25) is 14.7 Å². The van der Waals surface area contributed by atoms with Gasteiger partial charge in [0.2, 0.25) is 0 Å². The van der Waals surface area contributed by atoms with Crippen LogP contribution in [0.1, 0.15) is 79.9 Å². The first kappa shape index (κ1) is 28.4. The van der Waals surface area contributed by atoms with Gasteiger partial charge in [-0.15, -0.1) is 0 Å². The summed E-state index contributed by atoms with van der Waals surface area (Å²) in [5.41, 5.74) is 4.04. The summed E-state index contributed by atoms with van der Waals surface area (Å²) in [6, 6.07) is 18.7. The van der Waals surface area contributed by atoms with Crippen LogP contribution in [0.25, 0.3) is 0 Å². The molecular weight excluding hydrogens is 498 g/mol. The number of aliphatic imine (C=N–C) groups is 1. The smallest absolute Gasteiger partial charge is 0.254 e. The minimum absolute atomic E-state index is 0.150. The first-order valence-electron chi connectivity index (χ1n) is 15.0. The lowest BCUT2D eigenvalue weighted by Crippen LogP contribution is -2.51. The maximum atomic E-state index is 13.8. The van der Waals surface area contributed by atoms with E-state index in [4.69, 9.17) is 0 Å². The van der Waals surface area contributed by atoms with Crippen molar-refractivity contribution in [1.82, 2.24) is 15.1 Å². The zero-order valence-electron chi connectivity index (χ0n) is 23.9. The SMILES string of the molecule is CC1CCC(C2CCC(C)N2C(=O)c2ccc(CCNCC(N=O)c3ccccc3)cc2)N1CC1=CCCC=N1. The fourth-order valence-corrected chi connectivity index (χ4v) is 6.68. The number of carbonyl (C=O) groups excluding carboxylic acids is 1. The van der Waals surface area contributed by atoms with Gasteiger partial charge < -0.3 is 10.2 Å². The van der Waals surface area contributed by atoms with Crippen LogP contribution in [0.3, 0.4) is 0 Å². The second-order valence-electron chi connectivity index (χ2n) is 11.6. The lowest BCUT2D eigenvalue weighted by Gasteiger charge is -2.38. The number of nitrogens with zero attached hydrogens (tertiary/aromatic N) is 4. The highest BCUT2D eigenvalue weighted by atomic mass is 16.3. The topological polar surface area (TPSA) is 77.4 Å². The van der Waals surface area contributed by atoms with E-state index in [1.807, 2.05) is 48.7 Å². The van der Waals surface area contributed by atoms with Gasteiger partial charge in [0.15, 0.2) is 0 Å². The highest BCUT2D eigenvalue weighted by molar-refractivity contribution is 5.95. The Morgan fingerprint density at radius 1 is 0.975 bits per heavy atom. The molecule has 1 N–H and O–H groups in total. The molecule has 0 spiro atoms. The molecule has 0 aliphatic carbocycles. The third kappa shape index (κ3) is 6.58. The minimum atomic E-state index is -0.387. The van der Waals surface area contributed by atoms with Gasteiger partial charge in [-0.2, -0.15) is 4.91 Å². The highest BCUT2D eigenvalue weighted by Gasteiger charge is 2.44. The molecule has 2 saturated heterocycles. The van der Waals surface area contributed by atoms with Crippen molar-refractivity contribution < 1.29 is 4.79 Å². The van der Waals surface area contributed by atoms with Crippen LogP contribution in [0, 0.1) is 4.91 Å². The van der Waals surface area contributed by atoms with Crippen LogP contribution in [0.2, 0.25) is 0 Å². The van der Waals surface area contributed by atoms with Crippen LogP contribution in [-0.4, -0.2) is 65.7 Å². The number of hydrogen-bond donors (Lipinski definition) is 1. The number of hydrogen-bond acceptors (Lipinski definition) is 6. The third-order valence-corrected chi connectivity index (χ3v) is 8.98. The van der Waals surface area contributed by atoms with E-state index in [-0.39, 0.29) is 24.0 Å². The number of benzene rings is 2. The van der Waals surface area contributed by atoms with Crippen molar-refractivity contribution in [3.8, 4) is 0 Å². The molecule has 212 valence electrons. The van der Waals surface area contributed by atoms with Gasteiger partial charge in [-0.1, -0.05) is 53.7 Å². The molecule has 3 aliphatic rings. The molecule has 0 radical (unpaired) electrons. The summed E-state index contributed by atoms with van der Waals surface area (Å²) in [5, 5.41) is 6.64. The number of rotatable bonds is 11. The van der Waals surface area contributed by atoms with E-state index in [0.717, 1.165) is 62.7 Å². The van der Waals surface area contributed by atoms with E-state index in [0.29, 0.717) is 18.6 Å². The van der Waals surface area contributed by atoms with Gasteiger partial charge in [-0.05, 0) is 88.6 Å². The number of nitrogens with one attached hydrogen (secondary N) is 1. The van der Waals surface area contributed by atoms with Gasteiger partial charge in [0, 0.05) is 49.0 Å². The lowest BCUT2D eigenvalue weighted by atomic mass is 10.0. The molecule has 3 heterocycles. The fraction of sp³-hybridized carbons (Fsp3) is 0.515. The van der Waals surface area contributed by atoms with Crippen LogP contribution >= 0.6 is 0 Å².